The highest BCUT2D eigenvalue weighted by Crippen LogP contribution is 2.38. The van der Waals surface area contributed by atoms with Gasteiger partial charge in [-0.25, -0.2) is 0 Å². The van der Waals surface area contributed by atoms with E-state index in [2.05, 4.69) is 19.2 Å². The minimum absolute atomic E-state index is 0.0614. The van der Waals surface area contributed by atoms with E-state index in [1.165, 1.54) is 0 Å². The third-order valence-corrected chi connectivity index (χ3v) is 4.02. The molecule has 114 valence electrons. The lowest BCUT2D eigenvalue weighted by molar-refractivity contribution is -0.114. The number of primary amides is 1. The van der Waals surface area contributed by atoms with Crippen molar-refractivity contribution in [2.24, 2.45) is 16.6 Å². The number of rotatable bonds is 5. The van der Waals surface area contributed by atoms with E-state index in [0.717, 1.165) is 35.5 Å². The maximum absolute atomic E-state index is 11.6. The zero-order valence-corrected chi connectivity index (χ0v) is 13.0. The van der Waals surface area contributed by atoms with Crippen molar-refractivity contribution in [2.75, 3.05) is 6.54 Å². The number of nitrogens with two attached hydrogens (primary N) is 1. The van der Waals surface area contributed by atoms with E-state index < -0.39 is 5.91 Å². The lowest BCUT2D eigenvalue weighted by atomic mass is 9.90. The SMILES string of the molecule is CC(C)CCNC1C=C(C(N)=O)C=C2C1=Nc1ccccc12. The van der Waals surface area contributed by atoms with E-state index in [0.29, 0.717) is 11.5 Å². The molecule has 1 amide bonds. The maximum atomic E-state index is 11.6. The minimum atomic E-state index is -0.397. The Hall–Kier alpha value is -2.20. The first kappa shape index (κ1) is 14.7. The van der Waals surface area contributed by atoms with Crippen molar-refractivity contribution in [1.29, 1.82) is 0 Å². The maximum Gasteiger partial charge on any atom is 0.248 e. The standard InChI is InChI=1S/C18H21N3O/c1-11(2)7-8-20-16-10-12(18(19)22)9-14-13-5-3-4-6-15(13)21-17(14)16/h3-6,9-11,16,20H,7-8H2,1-2H3,(H2,19,22). The van der Waals surface area contributed by atoms with Gasteiger partial charge < -0.3 is 11.1 Å². The molecule has 0 radical (unpaired) electrons. The zero-order valence-electron chi connectivity index (χ0n) is 13.0. The van der Waals surface area contributed by atoms with Crippen LogP contribution in [0.4, 0.5) is 5.69 Å². The molecule has 1 aromatic carbocycles. The second-order valence-electron chi connectivity index (χ2n) is 6.17. The third-order valence-electron chi connectivity index (χ3n) is 4.02. The van der Waals surface area contributed by atoms with Gasteiger partial charge in [-0.3, -0.25) is 9.79 Å². The van der Waals surface area contributed by atoms with Gasteiger partial charge in [-0.15, -0.1) is 0 Å². The van der Waals surface area contributed by atoms with Crippen molar-refractivity contribution < 1.29 is 4.79 Å². The van der Waals surface area contributed by atoms with E-state index >= 15 is 0 Å². The van der Waals surface area contributed by atoms with Crippen molar-refractivity contribution in [3.63, 3.8) is 0 Å². The molecule has 0 fully saturated rings. The Kier molecular flexibility index (Phi) is 3.94. The number of carbonyl (C=O) groups is 1. The van der Waals surface area contributed by atoms with Gasteiger partial charge >= 0.3 is 0 Å². The van der Waals surface area contributed by atoms with Crippen molar-refractivity contribution >= 4 is 22.9 Å². The number of nitrogens with one attached hydrogen (secondary N) is 1. The second kappa shape index (κ2) is 5.89. The summed E-state index contributed by atoms with van der Waals surface area (Å²) >= 11 is 0. The Bertz CT molecular complexity index is 698. The monoisotopic (exact) mass is 295 g/mol. The Labute approximate surface area is 130 Å². The summed E-state index contributed by atoms with van der Waals surface area (Å²) in [5, 5.41) is 3.49. The molecule has 0 saturated carbocycles. The van der Waals surface area contributed by atoms with Crippen molar-refractivity contribution in [2.45, 2.75) is 26.3 Å². The molecule has 1 aliphatic carbocycles. The summed E-state index contributed by atoms with van der Waals surface area (Å²) in [5.41, 5.74) is 10.1. The summed E-state index contributed by atoms with van der Waals surface area (Å²) in [6, 6.07) is 7.93. The highest BCUT2D eigenvalue weighted by Gasteiger charge is 2.30. The van der Waals surface area contributed by atoms with Crippen LogP contribution in [0.1, 0.15) is 25.8 Å². The molecule has 1 aromatic rings. The summed E-state index contributed by atoms with van der Waals surface area (Å²) in [5.74, 6) is 0.236. The fraction of sp³-hybridized carbons (Fsp3) is 0.333. The summed E-state index contributed by atoms with van der Waals surface area (Å²) in [6.07, 6.45) is 4.82. The number of nitrogens with zero attached hydrogens (tertiary/aromatic N) is 1. The molecule has 1 atom stereocenters. The third kappa shape index (κ3) is 2.74. The minimum Gasteiger partial charge on any atom is -0.366 e. The molecular formula is C18H21N3O. The van der Waals surface area contributed by atoms with E-state index in [-0.39, 0.29) is 6.04 Å². The largest absolute Gasteiger partial charge is 0.366 e. The Morgan fingerprint density at radius 2 is 2.14 bits per heavy atom. The molecule has 1 heterocycles. The number of benzene rings is 1. The van der Waals surface area contributed by atoms with E-state index in [1.54, 1.807) is 0 Å². The number of carbonyl (C=O) groups excluding carboxylic acids is 1. The summed E-state index contributed by atoms with van der Waals surface area (Å²) < 4.78 is 0. The number of aliphatic imine (C=N–C) groups is 1. The number of amides is 1. The van der Waals surface area contributed by atoms with Crippen molar-refractivity contribution in [3.05, 3.63) is 47.6 Å². The summed E-state index contributed by atoms with van der Waals surface area (Å²) in [6.45, 7) is 5.27. The van der Waals surface area contributed by atoms with Crippen LogP contribution in [0.3, 0.4) is 0 Å². The predicted octanol–water partition coefficient (Wildman–Crippen LogP) is 2.59. The molecule has 3 N–H and O–H groups in total. The molecule has 0 saturated heterocycles. The lowest BCUT2D eigenvalue weighted by Crippen LogP contribution is -2.38. The van der Waals surface area contributed by atoms with Crippen LogP contribution in [-0.4, -0.2) is 24.2 Å². The number of para-hydroxylation sites is 1. The van der Waals surface area contributed by atoms with Crippen LogP contribution in [-0.2, 0) is 4.79 Å². The van der Waals surface area contributed by atoms with Gasteiger partial charge in [0.25, 0.3) is 0 Å². The number of hydrogen-bond acceptors (Lipinski definition) is 3. The van der Waals surface area contributed by atoms with Gasteiger partial charge in [0.2, 0.25) is 5.91 Å². The molecule has 1 unspecified atom stereocenters. The van der Waals surface area contributed by atoms with Gasteiger partial charge in [0.1, 0.15) is 0 Å². The summed E-state index contributed by atoms with van der Waals surface area (Å²) in [7, 11) is 0. The first-order valence-electron chi connectivity index (χ1n) is 7.71. The quantitative estimate of drug-likeness (QED) is 0.876. The van der Waals surface area contributed by atoms with Crippen LogP contribution in [0.2, 0.25) is 0 Å². The normalized spacial score (nSPS) is 19.2. The molecule has 4 heteroatoms. The molecule has 1 aliphatic heterocycles. The first-order valence-corrected chi connectivity index (χ1v) is 7.71. The highest BCUT2D eigenvalue weighted by atomic mass is 16.1. The van der Waals surface area contributed by atoms with Crippen LogP contribution >= 0.6 is 0 Å². The van der Waals surface area contributed by atoms with Crippen molar-refractivity contribution in [3.8, 4) is 0 Å². The fourth-order valence-electron chi connectivity index (χ4n) is 2.81. The van der Waals surface area contributed by atoms with E-state index in [4.69, 9.17) is 10.7 Å². The molecular weight excluding hydrogens is 274 g/mol. The molecule has 2 aliphatic rings. The average molecular weight is 295 g/mol. The van der Waals surface area contributed by atoms with Gasteiger partial charge in [-0.1, -0.05) is 32.0 Å². The second-order valence-corrected chi connectivity index (χ2v) is 6.17. The lowest BCUT2D eigenvalue weighted by Gasteiger charge is -2.22. The van der Waals surface area contributed by atoms with E-state index in [9.17, 15) is 4.79 Å². The zero-order chi connectivity index (χ0) is 15.7. The molecule has 0 bridgehead atoms. The molecule has 0 spiro atoms. The van der Waals surface area contributed by atoms with Gasteiger partial charge in [-0.2, -0.15) is 0 Å². The van der Waals surface area contributed by atoms with Gasteiger partial charge in [0.05, 0.1) is 17.4 Å². The van der Waals surface area contributed by atoms with Gasteiger partial charge in [0.15, 0.2) is 0 Å². The predicted molar refractivity (Wildman–Crippen MR) is 90.0 cm³/mol. The molecule has 0 aromatic heterocycles. The number of hydrogen-bond donors (Lipinski definition) is 2. The van der Waals surface area contributed by atoms with Crippen LogP contribution in [0.5, 0.6) is 0 Å². The Morgan fingerprint density at radius 1 is 1.36 bits per heavy atom. The van der Waals surface area contributed by atoms with Gasteiger partial charge in [0, 0.05) is 16.7 Å². The van der Waals surface area contributed by atoms with Crippen LogP contribution in [0, 0.1) is 5.92 Å². The first-order chi connectivity index (χ1) is 10.6. The number of fused-ring (bicyclic) bond motifs is 3. The van der Waals surface area contributed by atoms with E-state index in [1.807, 2.05) is 36.4 Å². The van der Waals surface area contributed by atoms with Crippen LogP contribution in [0.25, 0.3) is 5.57 Å². The van der Waals surface area contributed by atoms with Crippen LogP contribution in [0.15, 0.2) is 47.0 Å². The Morgan fingerprint density at radius 3 is 2.86 bits per heavy atom. The van der Waals surface area contributed by atoms with Gasteiger partial charge in [-0.05, 0) is 37.1 Å². The average Bonchev–Trinajstić information content (AvgIpc) is 2.85. The molecule has 4 nitrogen and oxygen atoms in total. The smallest absolute Gasteiger partial charge is 0.248 e. The molecule has 22 heavy (non-hydrogen) atoms. The fourth-order valence-corrected chi connectivity index (χ4v) is 2.81. The van der Waals surface area contributed by atoms with Crippen LogP contribution < -0.4 is 11.1 Å². The molecule has 3 rings (SSSR count). The highest BCUT2D eigenvalue weighted by molar-refractivity contribution is 6.33. The van der Waals surface area contributed by atoms with Crippen molar-refractivity contribution in [1.82, 2.24) is 5.32 Å². The summed E-state index contributed by atoms with van der Waals surface area (Å²) in [4.78, 5) is 16.4. The Balaban J connectivity index is 1.92. The topological polar surface area (TPSA) is 67.5 Å².